The van der Waals surface area contributed by atoms with Crippen LogP contribution in [-0.2, 0) is 42.8 Å². The van der Waals surface area contributed by atoms with Crippen molar-refractivity contribution in [3.63, 3.8) is 0 Å². The van der Waals surface area contributed by atoms with Crippen molar-refractivity contribution in [1.29, 1.82) is 5.26 Å². The normalized spacial score (nSPS) is 27.6. The summed E-state index contributed by atoms with van der Waals surface area (Å²) >= 11 is 1.06. The number of carbonyl (C=O) groups excluding carboxylic acids is 2. The minimum atomic E-state index is -4.17. The summed E-state index contributed by atoms with van der Waals surface area (Å²) in [5.74, 6) is -0.506. The molecule has 2 fully saturated rings. The van der Waals surface area contributed by atoms with Gasteiger partial charge >= 0.3 is 13.8 Å². The molecule has 42 heavy (non-hydrogen) atoms. The highest BCUT2D eigenvalue weighted by molar-refractivity contribution is 8.13. The average molecular weight is 624 g/mol. The van der Waals surface area contributed by atoms with Crippen molar-refractivity contribution in [1.82, 2.24) is 14.6 Å². The smallest absolute Gasteiger partial charge is 0.454 e. The standard InChI is InChI=1S/C27H38N5O8PS/c1-6-8-17(9-7-2)24(33)38-22-21-19(14-37-41(35,40-21)36-12-13-42-25(34)26(3,4)5)39-27(22,15-28)20-11-10-18-23(29)30-16-31-32(18)20/h10-11,16-17,19,21-22H,6-9,12-14H2,1-5H3,(H2,29,30,31)/t19-,21-,22-,27+,41+/m1/s1. The Bertz CT molecular complexity index is 1380. The number of phosphoric acid groups is 1. The van der Waals surface area contributed by atoms with Crippen molar-refractivity contribution in [2.24, 2.45) is 11.3 Å². The molecule has 0 aromatic carbocycles. The van der Waals surface area contributed by atoms with E-state index in [1.807, 2.05) is 34.6 Å². The first kappa shape index (κ1) is 32.4. The maximum Gasteiger partial charge on any atom is 0.475 e. The van der Waals surface area contributed by atoms with E-state index in [-0.39, 0.29) is 35.6 Å². The van der Waals surface area contributed by atoms with E-state index in [4.69, 9.17) is 28.8 Å². The lowest BCUT2D eigenvalue weighted by Gasteiger charge is -2.33. The zero-order chi connectivity index (χ0) is 30.7. The number of phosphoric ester groups is 1. The van der Waals surface area contributed by atoms with Gasteiger partial charge in [-0.15, -0.1) is 0 Å². The number of rotatable bonds is 11. The highest BCUT2D eigenvalue weighted by Crippen LogP contribution is 2.58. The first-order valence-electron chi connectivity index (χ1n) is 14.0. The number of anilines is 1. The minimum Gasteiger partial charge on any atom is -0.454 e. The molecule has 0 saturated carbocycles. The Kier molecular flexibility index (Phi) is 10.0. The lowest BCUT2D eigenvalue weighted by atomic mass is 9.91. The zero-order valence-electron chi connectivity index (χ0n) is 24.5. The summed E-state index contributed by atoms with van der Waals surface area (Å²) in [7, 11) is -4.17. The van der Waals surface area contributed by atoms with E-state index in [0.717, 1.165) is 24.6 Å². The number of nitrogens with zero attached hydrogens (tertiary/aromatic N) is 4. The molecule has 0 amide bonds. The van der Waals surface area contributed by atoms with Gasteiger partial charge in [-0.25, -0.2) is 14.1 Å². The second-order valence-electron chi connectivity index (χ2n) is 11.3. The average Bonchev–Trinajstić information content (AvgIpc) is 3.51. The molecule has 2 aliphatic heterocycles. The maximum atomic E-state index is 13.5. The van der Waals surface area contributed by atoms with Crippen molar-refractivity contribution < 1.29 is 37.2 Å². The van der Waals surface area contributed by atoms with Crippen LogP contribution in [0.5, 0.6) is 0 Å². The van der Waals surface area contributed by atoms with E-state index in [1.54, 1.807) is 12.1 Å². The van der Waals surface area contributed by atoms with Crippen molar-refractivity contribution in [3.8, 4) is 6.07 Å². The zero-order valence-corrected chi connectivity index (χ0v) is 26.2. The SMILES string of the molecule is CCCC(CCC)C(=O)O[C@@H]1[C@@H]2O[P@@](=O)(OCCSC(=O)C(C)(C)C)OC[C@H]2O[C@@]1(C#N)c1ccc2c(N)ncnn12. The largest absolute Gasteiger partial charge is 0.475 e. The van der Waals surface area contributed by atoms with Gasteiger partial charge in [-0.2, -0.15) is 10.4 Å². The van der Waals surface area contributed by atoms with Gasteiger partial charge in [0.1, 0.15) is 30.1 Å². The topological polar surface area (TPSA) is 177 Å². The van der Waals surface area contributed by atoms with Gasteiger partial charge in [-0.3, -0.25) is 23.2 Å². The van der Waals surface area contributed by atoms with E-state index >= 15 is 0 Å². The van der Waals surface area contributed by atoms with Crippen molar-refractivity contribution in [3.05, 3.63) is 24.2 Å². The molecule has 5 atom stereocenters. The van der Waals surface area contributed by atoms with Crippen molar-refractivity contribution in [2.45, 2.75) is 84.2 Å². The Labute approximate surface area is 249 Å². The Hall–Kier alpha value is -2.53. The summed E-state index contributed by atoms with van der Waals surface area (Å²) in [5.41, 5.74) is 4.24. The van der Waals surface area contributed by atoms with E-state index in [9.17, 15) is 19.4 Å². The molecule has 2 aromatic heterocycles. The van der Waals surface area contributed by atoms with Crippen LogP contribution >= 0.6 is 19.6 Å². The van der Waals surface area contributed by atoms with Crippen LogP contribution in [0.25, 0.3) is 5.52 Å². The minimum absolute atomic E-state index is 0.0394. The third-order valence-corrected chi connectivity index (χ3v) is 9.82. The number of hydrogen-bond acceptors (Lipinski definition) is 13. The number of aromatic nitrogens is 3. The molecule has 4 heterocycles. The van der Waals surface area contributed by atoms with Gasteiger partial charge in [0.05, 0.1) is 24.8 Å². The Morgan fingerprint density at radius 1 is 1.31 bits per heavy atom. The second kappa shape index (κ2) is 13.0. The van der Waals surface area contributed by atoms with Crippen molar-refractivity contribution >= 4 is 42.0 Å². The first-order chi connectivity index (χ1) is 19.9. The number of ether oxygens (including phenoxy) is 2. The molecule has 2 saturated heterocycles. The molecule has 0 radical (unpaired) electrons. The Morgan fingerprint density at radius 2 is 2.02 bits per heavy atom. The van der Waals surface area contributed by atoms with Crippen LogP contribution in [-0.4, -0.2) is 63.0 Å². The van der Waals surface area contributed by atoms with Crippen LogP contribution in [0, 0.1) is 22.7 Å². The third kappa shape index (κ3) is 6.51. The molecule has 2 aliphatic rings. The van der Waals surface area contributed by atoms with Crippen LogP contribution < -0.4 is 5.73 Å². The second-order valence-corrected chi connectivity index (χ2v) is 14.0. The van der Waals surface area contributed by atoms with E-state index in [0.29, 0.717) is 18.4 Å². The number of fused-ring (bicyclic) bond motifs is 2. The number of thioether (sulfide) groups is 1. The predicted molar refractivity (Wildman–Crippen MR) is 154 cm³/mol. The molecule has 13 nitrogen and oxygen atoms in total. The summed E-state index contributed by atoms with van der Waals surface area (Å²) in [4.78, 5) is 29.7. The molecule has 0 bridgehead atoms. The van der Waals surface area contributed by atoms with Crippen LogP contribution in [0.4, 0.5) is 5.82 Å². The van der Waals surface area contributed by atoms with E-state index in [1.165, 1.54) is 10.8 Å². The molecule has 0 aliphatic carbocycles. The van der Waals surface area contributed by atoms with Crippen LogP contribution in [0.3, 0.4) is 0 Å². The van der Waals surface area contributed by atoms with Crippen LogP contribution in [0.2, 0.25) is 0 Å². The highest BCUT2D eigenvalue weighted by Gasteiger charge is 2.65. The van der Waals surface area contributed by atoms with E-state index in [2.05, 4.69) is 16.2 Å². The summed E-state index contributed by atoms with van der Waals surface area (Å²) in [5, 5.41) is 14.8. The number of esters is 1. The fourth-order valence-corrected chi connectivity index (χ4v) is 7.29. The monoisotopic (exact) mass is 623 g/mol. The number of carbonyl (C=O) groups is 2. The van der Waals surface area contributed by atoms with Crippen molar-refractivity contribution in [2.75, 3.05) is 24.7 Å². The Balaban J connectivity index is 1.64. The summed E-state index contributed by atoms with van der Waals surface area (Å²) in [6.07, 6.45) is 0.532. The van der Waals surface area contributed by atoms with Gasteiger partial charge in [0, 0.05) is 11.2 Å². The van der Waals surface area contributed by atoms with Crippen LogP contribution in [0.1, 0.15) is 66.0 Å². The summed E-state index contributed by atoms with van der Waals surface area (Å²) in [6, 6.07) is 5.41. The lowest BCUT2D eigenvalue weighted by molar-refractivity contribution is -0.165. The molecule has 4 rings (SSSR count). The Morgan fingerprint density at radius 3 is 2.67 bits per heavy atom. The van der Waals surface area contributed by atoms with Gasteiger partial charge in [0.2, 0.25) is 5.60 Å². The number of nitrogen functional groups attached to an aromatic ring is 1. The lowest BCUT2D eigenvalue weighted by Crippen LogP contribution is -2.47. The fourth-order valence-electron chi connectivity index (χ4n) is 5.00. The molecular weight excluding hydrogens is 585 g/mol. The quantitative estimate of drug-likeness (QED) is 0.212. The number of nitriles is 1. The molecule has 0 unspecified atom stereocenters. The summed E-state index contributed by atoms with van der Waals surface area (Å²) < 4.78 is 44.1. The molecule has 2 N–H and O–H groups in total. The molecule has 0 spiro atoms. The number of hydrogen-bond donors (Lipinski definition) is 1. The maximum absolute atomic E-state index is 13.5. The fraction of sp³-hybridized carbons (Fsp3) is 0.667. The predicted octanol–water partition coefficient (Wildman–Crippen LogP) is 4.40. The molecule has 15 heteroatoms. The molecule has 230 valence electrons. The third-order valence-electron chi connectivity index (χ3n) is 7.11. The highest BCUT2D eigenvalue weighted by atomic mass is 32.2. The molecule has 2 aromatic rings. The van der Waals surface area contributed by atoms with E-state index < -0.39 is 49.0 Å². The first-order valence-corrected chi connectivity index (χ1v) is 16.5. The van der Waals surface area contributed by atoms with Gasteiger partial charge in [0.25, 0.3) is 0 Å². The van der Waals surface area contributed by atoms with Gasteiger partial charge in [-0.1, -0.05) is 59.2 Å². The summed E-state index contributed by atoms with van der Waals surface area (Å²) in [6.45, 7) is 9.03. The van der Waals surface area contributed by atoms with Gasteiger partial charge in [0.15, 0.2) is 17.0 Å². The van der Waals surface area contributed by atoms with Gasteiger partial charge < -0.3 is 15.2 Å². The van der Waals surface area contributed by atoms with Gasteiger partial charge in [-0.05, 0) is 25.0 Å². The number of nitrogens with two attached hydrogens (primary N) is 1. The molecular formula is C27H38N5O8PS. The van der Waals surface area contributed by atoms with Crippen LogP contribution in [0.15, 0.2) is 18.5 Å².